The molecule has 0 aliphatic heterocycles. The summed E-state index contributed by atoms with van der Waals surface area (Å²) in [7, 11) is 0. The van der Waals surface area contributed by atoms with Crippen molar-refractivity contribution < 1.29 is 13.2 Å². The smallest absolute Gasteiger partial charge is 0.367 e. The van der Waals surface area contributed by atoms with Crippen molar-refractivity contribution in [2.24, 2.45) is 11.8 Å². The van der Waals surface area contributed by atoms with E-state index in [-0.39, 0.29) is 6.04 Å². The zero-order valence-electron chi connectivity index (χ0n) is 11.2. The number of nitrogens with one attached hydrogen (secondary N) is 1. The van der Waals surface area contributed by atoms with E-state index in [9.17, 15) is 13.2 Å². The molecule has 106 valence electrons. The van der Waals surface area contributed by atoms with Gasteiger partial charge in [-0.1, -0.05) is 19.9 Å². The lowest BCUT2D eigenvalue weighted by atomic mass is 9.79. The molecule has 1 aromatic heterocycles. The molecule has 1 saturated carbocycles. The summed E-state index contributed by atoms with van der Waals surface area (Å²) in [6, 6.07) is 4.21. The molecule has 1 fully saturated rings. The fourth-order valence-electron chi connectivity index (χ4n) is 2.56. The first kappa shape index (κ1) is 14.2. The van der Waals surface area contributed by atoms with Crippen LogP contribution in [0.5, 0.6) is 0 Å². The minimum atomic E-state index is -4.38. The second kappa shape index (κ2) is 5.39. The van der Waals surface area contributed by atoms with Crippen molar-refractivity contribution in [1.82, 2.24) is 4.98 Å². The van der Waals surface area contributed by atoms with Gasteiger partial charge in [-0.25, -0.2) is 4.98 Å². The van der Waals surface area contributed by atoms with E-state index in [2.05, 4.69) is 24.1 Å². The molecule has 0 radical (unpaired) electrons. The van der Waals surface area contributed by atoms with E-state index in [0.717, 1.165) is 25.3 Å². The van der Waals surface area contributed by atoms with Gasteiger partial charge in [0.25, 0.3) is 0 Å². The number of anilines is 1. The fourth-order valence-corrected chi connectivity index (χ4v) is 2.56. The Kier molecular flexibility index (Phi) is 4.02. The molecule has 2 nitrogen and oxygen atoms in total. The van der Waals surface area contributed by atoms with E-state index in [1.54, 1.807) is 6.07 Å². The summed E-state index contributed by atoms with van der Waals surface area (Å²) in [4.78, 5) is 3.65. The molecule has 0 bridgehead atoms. The predicted molar refractivity (Wildman–Crippen MR) is 68.8 cm³/mol. The Morgan fingerprint density at radius 3 is 2.53 bits per heavy atom. The molecule has 3 atom stereocenters. The second-order valence-electron chi connectivity index (χ2n) is 5.51. The van der Waals surface area contributed by atoms with Crippen LogP contribution in [0.15, 0.2) is 18.2 Å². The molecular formula is C14H19F3N2. The Labute approximate surface area is 111 Å². The lowest BCUT2D eigenvalue weighted by molar-refractivity contribution is -0.141. The maximum atomic E-state index is 12.6. The van der Waals surface area contributed by atoms with E-state index in [0.29, 0.717) is 17.7 Å². The molecule has 1 aliphatic rings. The molecule has 1 aromatic rings. The summed E-state index contributed by atoms with van der Waals surface area (Å²) >= 11 is 0. The van der Waals surface area contributed by atoms with Gasteiger partial charge in [-0.15, -0.1) is 0 Å². The number of aromatic nitrogens is 1. The molecule has 1 N–H and O–H groups in total. The number of nitrogens with zero attached hydrogens (tertiary/aromatic N) is 1. The molecule has 1 heterocycles. The number of hydrogen-bond acceptors (Lipinski definition) is 2. The first-order valence-electron chi connectivity index (χ1n) is 6.67. The lowest BCUT2D eigenvalue weighted by Crippen LogP contribution is -2.30. The molecular weight excluding hydrogens is 253 g/mol. The van der Waals surface area contributed by atoms with E-state index in [1.165, 1.54) is 6.07 Å². The Bertz CT molecular complexity index is 431. The van der Waals surface area contributed by atoms with E-state index in [1.807, 2.05) is 0 Å². The highest BCUT2D eigenvalue weighted by molar-refractivity contribution is 5.37. The number of pyridine rings is 1. The number of hydrogen-bond donors (Lipinski definition) is 1. The van der Waals surface area contributed by atoms with Crippen molar-refractivity contribution >= 4 is 5.82 Å². The van der Waals surface area contributed by atoms with Crippen LogP contribution < -0.4 is 5.32 Å². The highest BCUT2D eigenvalue weighted by Gasteiger charge is 2.32. The molecule has 2 rings (SSSR count). The van der Waals surface area contributed by atoms with E-state index in [4.69, 9.17) is 0 Å². The summed E-state index contributed by atoms with van der Waals surface area (Å²) in [5, 5.41) is 3.13. The summed E-state index contributed by atoms with van der Waals surface area (Å²) in [6.07, 6.45) is -1.30. The van der Waals surface area contributed by atoms with Gasteiger partial charge in [0.15, 0.2) is 0 Å². The van der Waals surface area contributed by atoms with Gasteiger partial charge in [0.1, 0.15) is 11.5 Å². The molecule has 1 aliphatic carbocycles. The molecule has 0 saturated heterocycles. The second-order valence-corrected chi connectivity index (χ2v) is 5.51. The maximum absolute atomic E-state index is 12.6. The van der Waals surface area contributed by atoms with Crippen LogP contribution in [-0.2, 0) is 6.18 Å². The molecule has 5 heteroatoms. The predicted octanol–water partition coefficient (Wildman–Crippen LogP) is 4.34. The third-order valence-electron chi connectivity index (χ3n) is 3.99. The third-order valence-corrected chi connectivity index (χ3v) is 3.99. The number of alkyl halides is 3. The zero-order valence-corrected chi connectivity index (χ0v) is 11.2. The SMILES string of the molecule is CC1CCC(Nc2cccc(C(F)(F)F)n2)CC1C. The summed E-state index contributed by atoms with van der Waals surface area (Å²) < 4.78 is 37.7. The highest BCUT2D eigenvalue weighted by Crippen LogP contribution is 2.32. The Balaban J connectivity index is 2.04. The maximum Gasteiger partial charge on any atom is 0.433 e. The van der Waals surface area contributed by atoms with Crippen molar-refractivity contribution in [3.05, 3.63) is 23.9 Å². The molecule has 3 unspecified atom stereocenters. The van der Waals surface area contributed by atoms with Crippen LogP contribution in [0.1, 0.15) is 38.8 Å². The molecule has 0 spiro atoms. The average molecular weight is 272 g/mol. The van der Waals surface area contributed by atoms with Crippen LogP contribution in [0.4, 0.5) is 19.0 Å². The van der Waals surface area contributed by atoms with Crippen LogP contribution >= 0.6 is 0 Å². The van der Waals surface area contributed by atoms with Gasteiger partial charge in [-0.2, -0.15) is 13.2 Å². The van der Waals surface area contributed by atoms with Crippen LogP contribution in [0.2, 0.25) is 0 Å². The minimum Gasteiger partial charge on any atom is -0.367 e. The van der Waals surface area contributed by atoms with Crippen LogP contribution in [0, 0.1) is 11.8 Å². The molecule has 0 aromatic carbocycles. The standard InChI is InChI=1S/C14H19F3N2/c1-9-6-7-11(8-10(9)2)18-13-5-3-4-12(19-13)14(15,16)17/h3-5,9-11H,6-8H2,1-2H3,(H,18,19). The zero-order chi connectivity index (χ0) is 14.0. The first-order valence-corrected chi connectivity index (χ1v) is 6.67. The van der Waals surface area contributed by atoms with Crippen molar-refractivity contribution in [2.45, 2.75) is 45.3 Å². The molecule has 0 amide bonds. The van der Waals surface area contributed by atoms with Crippen LogP contribution in [-0.4, -0.2) is 11.0 Å². The normalized spacial score (nSPS) is 28.2. The van der Waals surface area contributed by atoms with Crippen molar-refractivity contribution in [3.8, 4) is 0 Å². The van der Waals surface area contributed by atoms with Crippen molar-refractivity contribution in [2.75, 3.05) is 5.32 Å². The first-order chi connectivity index (χ1) is 8.86. The lowest BCUT2D eigenvalue weighted by Gasteiger charge is -2.32. The summed E-state index contributed by atoms with van der Waals surface area (Å²) in [5.41, 5.74) is -0.838. The summed E-state index contributed by atoms with van der Waals surface area (Å²) in [5.74, 6) is 1.60. The molecule has 19 heavy (non-hydrogen) atoms. The Morgan fingerprint density at radius 1 is 1.16 bits per heavy atom. The van der Waals surface area contributed by atoms with Crippen molar-refractivity contribution in [3.63, 3.8) is 0 Å². The third kappa shape index (κ3) is 3.61. The monoisotopic (exact) mass is 272 g/mol. The highest BCUT2D eigenvalue weighted by atomic mass is 19.4. The average Bonchev–Trinajstić information content (AvgIpc) is 2.33. The largest absolute Gasteiger partial charge is 0.433 e. The Hall–Kier alpha value is -1.26. The van der Waals surface area contributed by atoms with Gasteiger partial charge in [-0.3, -0.25) is 0 Å². The number of halogens is 3. The van der Waals surface area contributed by atoms with Gasteiger partial charge in [-0.05, 0) is 43.2 Å². The minimum absolute atomic E-state index is 0.224. The van der Waals surface area contributed by atoms with Crippen molar-refractivity contribution in [1.29, 1.82) is 0 Å². The topological polar surface area (TPSA) is 24.9 Å². The van der Waals surface area contributed by atoms with Gasteiger partial charge in [0.05, 0.1) is 0 Å². The fraction of sp³-hybridized carbons (Fsp3) is 0.643. The quantitative estimate of drug-likeness (QED) is 0.866. The number of rotatable bonds is 2. The van der Waals surface area contributed by atoms with Crippen LogP contribution in [0.25, 0.3) is 0 Å². The van der Waals surface area contributed by atoms with Gasteiger partial charge >= 0.3 is 6.18 Å². The van der Waals surface area contributed by atoms with Gasteiger partial charge in [0.2, 0.25) is 0 Å². The van der Waals surface area contributed by atoms with E-state index >= 15 is 0 Å². The van der Waals surface area contributed by atoms with E-state index < -0.39 is 11.9 Å². The Morgan fingerprint density at radius 2 is 1.89 bits per heavy atom. The van der Waals surface area contributed by atoms with Gasteiger partial charge in [0, 0.05) is 6.04 Å². The van der Waals surface area contributed by atoms with Crippen LogP contribution in [0.3, 0.4) is 0 Å². The summed E-state index contributed by atoms with van der Waals surface area (Å²) in [6.45, 7) is 4.42. The van der Waals surface area contributed by atoms with Gasteiger partial charge < -0.3 is 5.32 Å².